The first kappa shape index (κ1) is 15.9. The third kappa shape index (κ3) is 3.48. The first-order valence-electron chi connectivity index (χ1n) is 7.33. The van der Waals surface area contributed by atoms with Gasteiger partial charge in [0.15, 0.2) is 0 Å². The highest BCUT2D eigenvalue weighted by Crippen LogP contribution is 2.19. The van der Waals surface area contributed by atoms with Crippen molar-refractivity contribution in [2.45, 2.75) is 25.5 Å². The summed E-state index contributed by atoms with van der Waals surface area (Å²) in [4.78, 5) is 38.3. The van der Waals surface area contributed by atoms with Crippen LogP contribution in [0.2, 0.25) is 0 Å². The van der Waals surface area contributed by atoms with E-state index in [-0.39, 0.29) is 19.4 Å². The molecule has 7 nitrogen and oxygen atoms in total. The Morgan fingerprint density at radius 1 is 1.33 bits per heavy atom. The first-order valence-corrected chi connectivity index (χ1v) is 7.33. The smallest absolute Gasteiger partial charge is 0.322 e. The Bertz CT molecular complexity index is 824. The fraction of sp³-hybridized carbons (Fsp3) is 0.250. The number of halogens is 1. The number of aromatic nitrogens is 1. The molecule has 1 aromatic carbocycles. The van der Waals surface area contributed by atoms with Crippen LogP contribution in [-0.2, 0) is 20.9 Å². The van der Waals surface area contributed by atoms with Crippen molar-refractivity contribution < 1.29 is 23.5 Å². The molecule has 0 bridgehead atoms. The zero-order valence-corrected chi connectivity index (χ0v) is 12.5. The van der Waals surface area contributed by atoms with Crippen molar-refractivity contribution in [2.75, 3.05) is 0 Å². The van der Waals surface area contributed by atoms with E-state index < -0.39 is 29.8 Å². The molecule has 24 heavy (non-hydrogen) atoms. The van der Waals surface area contributed by atoms with Crippen LogP contribution in [0.1, 0.15) is 18.4 Å². The van der Waals surface area contributed by atoms with Gasteiger partial charge in [-0.15, -0.1) is 0 Å². The number of amides is 3. The number of urea groups is 1. The van der Waals surface area contributed by atoms with Crippen LogP contribution >= 0.6 is 0 Å². The second-order valence-electron chi connectivity index (χ2n) is 5.35. The molecular weight excluding hydrogens is 317 g/mol. The number of carbonyl (C=O) groups is 3. The molecule has 2 heterocycles. The van der Waals surface area contributed by atoms with E-state index in [4.69, 9.17) is 4.74 Å². The predicted octanol–water partition coefficient (Wildman–Crippen LogP) is 1.41. The highest BCUT2D eigenvalue weighted by atomic mass is 19.1. The Labute approximate surface area is 136 Å². The molecule has 124 valence electrons. The van der Waals surface area contributed by atoms with E-state index >= 15 is 0 Å². The second-order valence-corrected chi connectivity index (χ2v) is 5.35. The Hall–Kier alpha value is -3.03. The summed E-state index contributed by atoms with van der Waals surface area (Å²) in [5.41, 5.74) is 1.03. The average Bonchev–Trinajstić information content (AvgIpc) is 2.88. The maximum absolute atomic E-state index is 13.6. The normalized spacial score (nSPS) is 16.8. The van der Waals surface area contributed by atoms with Gasteiger partial charge in [0, 0.05) is 23.6 Å². The fourth-order valence-electron chi connectivity index (χ4n) is 2.49. The molecule has 0 aliphatic carbocycles. The third-order valence-electron chi connectivity index (χ3n) is 3.63. The lowest BCUT2D eigenvalue weighted by Crippen LogP contribution is -2.29. The molecule has 0 spiro atoms. The van der Waals surface area contributed by atoms with Gasteiger partial charge < -0.3 is 10.1 Å². The lowest BCUT2D eigenvalue weighted by atomic mass is 10.1. The van der Waals surface area contributed by atoms with E-state index in [1.165, 1.54) is 12.1 Å². The van der Waals surface area contributed by atoms with Crippen molar-refractivity contribution in [3.05, 3.63) is 41.8 Å². The van der Waals surface area contributed by atoms with Crippen LogP contribution < -0.4 is 10.6 Å². The van der Waals surface area contributed by atoms with Crippen LogP contribution in [0.3, 0.4) is 0 Å². The average molecular weight is 331 g/mol. The summed E-state index contributed by atoms with van der Waals surface area (Å²) in [7, 11) is 0. The summed E-state index contributed by atoms with van der Waals surface area (Å²) < 4.78 is 18.7. The minimum Gasteiger partial charge on any atom is -0.461 e. The van der Waals surface area contributed by atoms with E-state index in [2.05, 4.69) is 15.6 Å². The van der Waals surface area contributed by atoms with Gasteiger partial charge in [0.1, 0.15) is 18.5 Å². The number of ether oxygens (including phenoxy) is 1. The van der Waals surface area contributed by atoms with E-state index in [1.807, 2.05) is 0 Å². The van der Waals surface area contributed by atoms with Gasteiger partial charge in [0.25, 0.3) is 5.91 Å². The summed E-state index contributed by atoms with van der Waals surface area (Å²) in [6.45, 7) is -0.118. The third-order valence-corrected chi connectivity index (χ3v) is 3.63. The summed E-state index contributed by atoms with van der Waals surface area (Å²) in [6, 6.07) is 4.73. The quantitative estimate of drug-likeness (QED) is 0.638. The predicted molar refractivity (Wildman–Crippen MR) is 81.2 cm³/mol. The van der Waals surface area contributed by atoms with Gasteiger partial charge >= 0.3 is 12.0 Å². The summed E-state index contributed by atoms with van der Waals surface area (Å²) in [5.74, 6) is -1.45. The Morgan fingerprint density at radius 3 is 2.92 bits per heavy atom. The SMILES string of the molecule is O=C1NC(=O)[C@@H](CCC(=O)OCc2cc(F)cc3cccnc23)N1. The van der Waals surface area contributed by atoms with Crippen molar-refractivity contribution in [1.82, 2.24) is 15.6 Å². The van der Waals surface area contributed by atoms with Gasteiger partial charge in [-0.25, -0.2) is 9.18 Å². The molecule has 1 aromatic heterocycles. The number of fused-ring (bicyclic) bond motifs is 1. The zero-order chi connectivity index (χ0) is 17.1. The van der Waals surface area contributed by atoms with E-state index in [1.54, 1.807) is 18.3 Å². The number of esters is 1. The molecule has 1 fully saturated rings. The molecule has 8 heteroatoms. The molecule has 1 aliphatic heterocycles. The van der Waals surface area contributed by atoms with Gasteiger partial charge in [-0.05, 0) is 24.6 Å². The molecule has 0 saturated carbocycles. The molecule has 3 rings (SSSR count). The Morgan fingerprint density at radius 2 is 2.17 bits per heavy atom. The van der Waals surface area contributed by atoms with Crippen molar-refractivity contribution in [3.63, 3.8) is 0 Å². The number of nitrogens with one attached hydrogen (secondary N) is 2. The highest BCUT2D eigenvalue weighted by molar-refractivity contribution is 6.04. The molecule has 0 radical (unpaired) electrons. The second kappa shape index (κ2) is 6.61. The minimum absolute atomic E-state index is 0.0426. The number of imide groups is 1. The van der Waals surface area contributed by atoms with Gasteiger partial charge in [0.2, 0.25) is 0 Å². The highest BCUT2D eigenvalue weighted by Gasteiger charge is 2.29. The summed E-state index contributed by atoms with van der Waals surface area (Å²) in [6.07, 6.45) is 1.67. The number of benzene rings is 1. The van der Waals surface area contributed by atoms with Crippen LogP contribution in [0.4, 0.5) is 9.18 Å². The molecule has 0 unspecified atom stereocenters. The van der Waals surface area contributed by atoms with E-state index in [0.29, 0.717) is 16.5 Å². The monoisotopic (exact) mass is 331 g/mol. The van der Waals surface area contributed by atoms with Gasteiger partial charge in [-0.3, -0.25) is 19.9 Å². The molecule has 1 aliphatic rings. The topological polar surface area (TPSA) is 97.4 Å². The van der Waals surface area contributed by atoms with E-state index in [0.717, 1.165) is 0 Å². The summed E-state index contributed by atoms with van der Waals surface area (Å²) in [5, 5.41) is 5.10. The molecule has 1 atom stereocenters. The molecule has 3 amide bonds. The summed E-state index contributed by atoms with van der Waals surface area (Å²) >= 11 is 0. The van der Waals surface area contributed by atoms with Crippen LogP contribution in [0, 0.1) is 5.82 Å². The molecule has 2 aromatic rings. The Balaban J connectivity index is 1.59. The standard InChI is InChI=1S/C16H14FN3O4/c17-11-6-9-2-1-5-18-14(9)10(7-11)8-24-13(21)4-3-12-15(22)20-16(23)19-12/h1-2,5-7,12H,3-4,8H2,(H2,19,20,22,23)/t12-/m1/s1. The molecule has 1 saturated heterocycles. The molecular formula is C16H14FN3O4. The maximum Gasteiger partial charge on any atom is 0.322 e. The van der Waals surface area contributed by atoms with Gasteiger partial charge in [0.05, 0.1) is 5.52 Å². The number of rotatable bonds is 5. The fourth-order valence-corrected chi connectivity index (χ4v) is 2.49. The first-order chi connectivity index (χ1) is 11.5. The van der Waals surface area contributed by atoms with E-state index in [9.17, 15) is 18.8 Å². The minimum atomic E-state index is -0.735. The lowest BCUT2D eigenvalue weighted by Gasteiger charge is -2.09. The van der Waals surface area contributed by atoms with Crippen molar-refractivity contribution in [2.24, 2.45) is 0 Å². The number of hydrogen-bond acceptors (Lipinski definition) is 5. The molecule has 2 N–H and O–H groups in total. The maximum atomic E-state index is 13.6. The van der Waals surface area contributed by atoms with Crippen LogP contribution in [0.5, 0.6) is 0 Å². The van der Waals surface area contributed by atoms with Crippen molar-refractivity contribution >= 4 is 28.8 Å². The lowest BCUT2D eigenvalue weighted by molar-refractivity contribution is -0.145. The van der Waals surface area contributed by atoms with Crippen molar-refractivity contribution in [3.8, 4) is 0 Å². The van der Waals surface area contributed by atoms with Crippen LogP contribution in [-0.4, -0.2) is 28.9 Å². The number of carbonyl (C=O) groups excluding carboxylic acids is 3. The largest absolute Gasteiger partial charge is 0.461 e. The Kier molecular flexibility index (Phi) is 4.37. The van der Waals surface area contributed by atoms with Crippen molar-refractivity contribution in [1.29, 1.82) is 0 Å². The number of nitrogens with zero attached hydrogens (tertiary/aromatic N) is 1. The van der Waals surface area contributed by atoms with Gasteiger partial charge in [-0.1, -0.05) is 6.07 Å². The zero-order valence-electron chi connectivity index (χ0n) is 12.5. The van der Waals surface area contributed by atoms with Gasteiger partial charge in [-0.2, -0.15) is 0 Å². The van der Waals surface area contributed by atoms with Crippen LogP contribution in [0.15, 0.2) is 30.5 Å². The number of hydrogen-bond donors (Lipinski definition) is 2. The number of pyridine rings is 1. The van der Waals surface area contributed by atoms with Crippen LogP contribution in [0.25, 0.3) is 10.9 Å².